The molecule has 0 saturated heterocycles. The predicted molar refractivity (Wildman–Crippen MR) is 69.1 cm³/mol. The molecule has 0 radical (unpaired) electrons. The first kappa shape index (κ1) is 12.2. The fourth-order valence-corrected chi connectivity index (χ4v) is 2.04. The molecule has 1 aromatic heterocycles. The molecule has 0 bridgehead atoms. The first-order valence-electron chi connectivity index (χ1n) is 5.19. The maximum absolute atomic E-state index is 11.9. The Morgan fingerprint density at radius 2 is 2.17 bits per heavy atom. The highest BCUT2D eigenvalue weighted by Crippen LogP contribution is 2.16. The first-order chi connectivity index (χ1) is 8.72. The van der Waals surface area contributed by atoms with Crippen LogP contribution >= 0.6 is 11.3 Å². The molecule has 0 spiro atoms. The van der Waals surface area contributed by atoms with E-state index in [4.69, 9.17) is 11.0 Å². The molecular weight excluding hydrogens is 248 g/mol. The van der Waals surface area contributed by atoms with Crippen molar-refractivity contribution in [2.45, 2.75) is 6.54 Å². The third-order valence-corrected chi connectivity index (χ3v) is 3.06. The highest BCUT2D eigenvalue weighted by atomic mass is 32.1. The molecule has 0 aliphatic carbocycles. The van der Waals surface area contributed by atoms with Crippen molar-refractivity contribution in [3.63, 3.8) is 0 Å². The SMILES string of the molecule is N#Cc1ccc(C(=O)Nc2nc(CN)cs2)cc1. The number of amides is 1. The molecule has 0 aliphatic rings. The van der Waals surface area contributed by atoms with Gasteiger partial charge in [-0.1, -0.05) is 0 Å². The van der Waals surface area contributed by atoms with Crippen LogP contribution in [0.1, 0.15) is 21.6 Å². The summed E-state index contributed by atoms with van der Waals surface area (Å²) in [5.41, 5.74) is 7.19. The second kappa shape index (κ2) is 5.40. The summed E-state index contributed by atoms with van der Waals surface area (Å²) in [6.07, 6.45) is 0. The Hall–Kier alpha value is -2.23. The molecule has 90 valence electrons. The Kier molecular flexibility index (Phi) is 3.67. The van der Waals surface area contributed by atoms with Gasteiger partial charge in [0.1, 0.15) is 0 Å². The summed E-state index contributed by atoms with van der Waals surface area (Å²) in [7, 11) is 0. The van der Waals surface area contributed by atoms with Gasteiger partial charge in [-0.2, -0.15) is 5.26 Å². The number of carbonyl (C=O) groups is 1. The van der Waals surface area contributed by atoms with Gasteiger partial charge in [0, 0.05) is 17.5 Å². The van der Waals surface area contributed by atoms with Gasteiger partial charge in [-0.05, 0) is 24.3 Å². The molecule has 1 amide bonds. The molecular formula is C12H10N4OS. The summed E-state index contributed by atoms with van der Waals surface area (Å²) in [6, 6.07) is 8.40. The summed E-state index contributed by atoms with van der Waals surface area (Å²) in [5.74, 6) is -0.252. The number of thiazole rings is 1. The smallest absolute Gasteiger partial charge is 0.257 e. The summed E-state index contributed by atoms with van der Waals surface area (Å²) in [4.78, 5) is 16.0. The fourth-order valence-electron chi connectivity index (χ4n) is 1.32. The molecule has 0 atom stereocenters. The van der Waals surface area contributed by atoms with Crippen LogP contribution in [0.15, 0.2) is 29.6 Å². The zero-order valence-electron chi connectivity index (χ0n) is 9.38. The topological polar surface area (TPSA) is 91.8 Å². The first-order valence-corrected chi connectivity index (χ1v) is 6.07. The maximum atomic E-state index is 11.9. The second-order valence-electron chi connectivity index (χ2n) is 3.49. The van der Waals surface area contributed by atoms with Gasteiger partial charge in [0.15, 0.2) is 5.13 Å². The van der Waals surface area contributed by atoms with Gasteiger partial charge < -0.3 is 5.73 Å². The fraction of sp³-hybridized carbons (Fsp3) is 0.0833. The number of nitriles is 1. The van der Waals surface area contributed by atoms with Crippen molar-refractivity contribution in [2.24, 2.45) is 5.73 Å². The Labute approximate surface area is 108 Å². The molecule has 0 fully saturated rings. The standard InChI is InChI=1S/C12H10N4OS/c13-5-8-1-3-9(4-2-8)11(17)16-12-15-10(6-14)7-18-12/h1-4,7H,6,14H2,(H,15,16,17). The molecule has 0 unspecified atom stereocenters. The molecule has 3 N–H and O–H groups in total. The van der Waals surface area contributed by atoms with Gasteiger partial charge >= 0.3 is 0 Å². The number of hydrogen-bond acceptors (Lipinski definition) is 5. The third-order valence-electron chi connectivity index (χ3n) is 2.26. The van der Waals surface area contributed by atoms with E-state index in [1.807, 2.05) is 6.07 Å². The van der Waals surface area contributed by atoms with Crippen LogP contribution in [-0.4, -0.2) is 10.9 Å². The van der Waals surface area contributed by atoms with Crippen LogP contribution in [0.5, 0.6) is 0 Å². The van der Waals surface area contributed by atoms with Gasteiger partial charge in [-0.3, -0.25) is 10.1 Å². The zero-order valence-corrected chi connectivity index (χ0v) is 10.2. The van der Waals surface area contributed by atoms with E-state index in [-0.39, 0.29) is 5.91 Å². The summed E-state index contributed by atoms with van der Waals surface area (Å²) in [6.45, 7) is 0.350. The van der Waals surface area contributed by atoms with Crippen molar-refractivity contribution in [2.75, 3.05) is 5.32 Å². The van der Waals surface area contributed by atoms with Crippen LogP contribution < -0.4 is 11.1 Å². The highest BCUT2D eigenvalue weighted by molar-refractivity contribution is 7.13. The Morgan fingerprint density at radius 3 is 2.72 bits per heavy atom. The van der Waals surface area contributed by atoms with E-state index in [1.54, 1.807) is 29.6 Å². The van der Waals surface area contributed by atoms with E-state index in [2.05, 4.69) is 10.3 Å². The largest absolute Gasteiger partial charge is 0.325 e. The van der Waals surface area contributed by atoms with E-state index in [0.29, 0.717) is 22.8 Å². The zero-order chi connectivity index (χ0) is 13.0. The Balaban J connectivity index is 2.09. The van der Waals surface area contributed by atoms with Gasteiger partial charge in [-0.15, -0.1) is 11.3 Å². The minimum absolute atomic E-state index is 0.252. The predicted octanol–water partition coefficient (Wildman–Crippen LogP) is 1.73. The number of anilines is 1. The van der Waals surface area contributed by atoms with E-state index < -0.39 is 0 Å². The number of nitrogens with one attached hydrogen (secondary N) is 1. The quantitative estimate of drug-likeness (QED) is 0.876. The summed E-state index contributed by atoms with van der Waals surface area (Å²) >= 11 is 1.33. The van der Waals surface area contributed by atoms with E-state index in [1.165, 1.54) is 11.3 Å². The van der Waals surface area contributed by atoms with E-state index >= 15 is 0 Å². The lowest BCUT2D eigenvalue weighted by Crippen LogP contribution is -2.11. The highest BCUT2D eigenvalue weighted by Gasteiger charge is 2.08. The number of rotatable bonds is 3. The number of nitrogens with two attached hydrogens (primary N) is 1. The normalized spacial score (nSPS) is 9.78. The van der Waals surface area contributed by atoms with Crippen LogP contribution in [0.25, 0.3) is 0 Å². The molecule has 6 heteroatoms. The van der Waals surface area contributed by atoms with Crippen LogP contribution in [0.2, 0.25) is 0 Å². The maximum Gasteiger partial charge on any atom is 0.257 e. The minimum Gasteiger partial charge on any atom is -0.325 e. The number of hydrogen-bond donors (Lipinski definition) is 2. The van der Waals surface area contributed by atoms with Gasteiger partial charge in [0.2, 0.25) is 0 Å². The van der Waals surface area contributed by atoms with Crippen molar-refractivity contribution in [3.05, 3.63) is 46.5 Å². The number of aromatic nitrogens is 1. The van der Waals surface area contributed by atoms with Crippen molar-refractivity contribution < 1.29 is 4.79 Å². The minimum atomic E-state index is -0.252. The molecule has 18 heavy (non-hydrogen) atoms. The van der Waals surface area contributed by atoms with Gasteiger partial charge in [0.25, 0.3) is 5.91 Å². The Morgan fingerprint density at radius 1 is 1.44 bits per heavy atom. The van der Waals surface area contributed by atoms with Crippen molar-refractivity contribution in [1.29, 1.82) is 5.26 Å². The third kappa shape index (κ3) is 2.71. The van der Waals surface area contributed by atoms with Crippen LogP contribution in [0.3, 0.4) is 0 Å². The van der Waals surface area contributed by atoms with Crippen LogP contribution in [0.4, 0.5) is 5.13 Å². The van der Waals surface area contributed by atoms with Crippen LogP contribution in [0, 0.1) is 11.3 Å². The average molecular weight is 258 g/mol. The summed E-state index contributed by atoms with van der Waals surface area (Å²) < 4.78 is 0. The second-order valence-corrected chi connectivity index (χ2v) is 4.35. The number of benzene rings is 1. The molecule has 0 saturated carbocycles. The number of carbonyl (C=O) groups excluding carboxylic acids is 1. The lowest BCUT2D eigenvalue weighted by Gasteiger charge is -2.01. The van der Waals surface area contributed by atoms with Crippen molar-refractivity contribution in [1.82, 2.24) is 4.98 Å². The molecule has 2 rings (SSSR count). The van der Waals surface area contributed by atoms with Crippen molar-refractivity contribution in [3.8, 4) is 6.07 Å². The Bertz CT molecular complexity index is 597. The van der Waals surface area contributed by atoms with E-state index in [0.717, 1.165) is 5.69 Å². The molecule has 0 aliphatic heterocycles. The molecule has 1 heterocycles. The van der Waals surface area contributed by atoms with Crippen molar-refractivity contribution >= 4 is 22.4 Å². The monoisotopic (exact) mass is 258 g/mol. The van der Waals surface area contributed by atoms with E-state index in [9.17, 15) is 4.79 Å². The van der Waals surface area contributed by atoms with Gasteiger partial charge in [0.05, 0.1) is 17.3 Å². The lowest BCUT2D eigenvalue weighted by molar-refractivity contribution is 0.102. The molecule has 2 aromatic rings. The van der Waals surface area contributed by atoms with Crippen LogP contribution in [-0.2, 0) is 6.54 Å². The van der Waals surface area contributed by atoms with Gasteiger partial charge in [-0.25, -0.2) is 4.98 Å². The average Bonchev–Trinajstić information content (AvgIpc) is 2.86. The molecule has 1 aromatic carbocycles. The number of nitrogens with zero attached hydrogens (tertiary/aromatic N) is 2. The lowest BCUT2D eigenvalue weighted by atomic mass is 10.1. The molecule has 5 nitrogen and oxygen atoms in total. The summed E-state index contributed by atoms with van der Waals surface area (Å²) in [5, 5.41) is 13.7.